The number of imide groups is 1. The zero-order chi connectivity index (χ0) is 24.9. The van der Waals surface area contributed by atoms with Gasteiger partial charge in [-0.2, -0.15) is 5.26 Å². The number of carbonyl (C=O) groups excluding carboxylic acids is 3. The first kappa shape index (κ1) is 23.8. The Balaban J connectivity index is 1.45. The fourth-order valence-electron chi connectivity index (χ4n) is 3.75. The summed E-state index contributed by atoms with van der Waals surface area (Å²) in [5, 5.41) is 11.8. The zero-order valence-electron chi connectivity index (χ0n) is 18.7. The topological polar surface area (TPSA) is 146 Å². The molecule has 1 atom stereocenters. The maximum absolute atomic E-state index is 13.2. The van der Waals surface area contributed by atoms with Crippen LogP contribution >= 0.6 is 0 Å². The lowest BCUT2D eigenvalue weighted by Gasteiger charge is -2.17. The van der Waals surface area contributed by atoms with Crippen LogP contribution in [0.15, 0.2) is 46.9 Å². The third-order valence-electron chi connectivity index (χ3n) is 5.59. The van der Waals surface area contributed by atoms with Crippen molar-refractivity contribution in [2.24, 2.45) is 5.73 Å². The van der Waals surface area contributed by atoms with Gasteiger partial charge in [-0.25, -0.2) is 14.2 Å². The summed E-state index contributed by atoms with van der Waals surface area (Å²) in [6.45, 7) is 0.363. The molecular formula is C24H23FN6O4. The lowest BCUT2D eigenvalue weighted by atomic mass is 10.1. The van der Waals surface area contributed by atoms with Gasteiger partial charge in [0.05, 0.1) is 12.6 Å². The molecule has 1 fully saturated rings. The summed E-state index contributed by atoms with van der Waals surface area (Å²) < 4.78 is 18.7. The van der Waals surface area contributed by atoms with Gasteiger partial charge in [-0.05, 0) is 67.8 Å². The Hall–Kier alpha value is -4.30. The minimum absolute atomic E-state index is 0.00264. The van der Waals surface area contributed by atoms with Crippen molar-refractivity contribution < 1.29 is 23.2 Å². The van der Waals surface area contributed by atoms with Gasteiger partial charge in [0.1, 0.15) is 23.9 Å². The molecule has 3 N–H and O–H groups in total. The summed E-state index contributed by atoms with van der Waals surface area (Å²) in [6.07, 6.45) is 1.93. The summed E-state index contributed by atoms with van der Waals surface area (Å²) >= 11 is 0. The van der Waals surface area contributed by atoms with Crippen molar-refractivity contribution in [3.8, 4) is 6.07 Å². The van der Waals surface area contributed by atoms with E-state index >= 15 is 0 Å². The summed E-state index contributed by atoms with van der Waals surface area (Å²) in [7, 11) is 0. The number of rotatable bonds is 9. The normalized spacial score (nSPS) is 14.4. The summed E-state index contributed by atoms with van der Waals surface area (Å²) in [6, 6.07) is 11.0. The van der Waals surface area contributed by atoms with Gasteiger partial charge >= 0.3 is 11.9 Å². The standard InChI is InChI=1S/C24H23FN6O4/c25-16-5-7-18(8-6-16)30-14-21(32)31(24(30)34)13-15-4-9-20-19(11-15)29-23(35-20)22(33)28-17(12-27)3-1-2-10-26/h4-9,11,17H,1-3,10,13-14,26H2,(H,28,33)/t17-/m0/s1. The molecule has 0 bridgehead atoms. The van der Waals surface area contributed by atoms with Crippen LogP contribution in [0.5, 0.6) is 0 Å². The molecule has 2 aromatic carbocycles. The Morgan fingerprint density at radius 2 is 2.00 bits per heavy atom. The lowest BCUT2D eigenvalue weighted by molar-refractivity contribution is -0.125. The first-order valence-electron chi connectivity index (χ1n) is 11.1. The van der Waals surface area contributed by atoms with Crippen LogP contribution in [-0.4, -0.2) is 46.9 Å². The van der Waals surface area contributed by atoms with E-state index in [4.69, 9.17) is 10.2 Å². The predicted molar refractivity (Wildman–Crippen MR) is 123 cm³/mol. The number of nitrogens with two attached hydrogens (primary N) is 1. The SMILES string of the molecule is N#C[C@H](CCCCN)NC(=O)c1nc2cc(CN3C(=O)CN(c4ccc(F)cc4)C3=O)ccc2o1. The van der Waals surface area contributed by atoms with E-state index in [1.54, 1.807) is 18.2 Å². The molecule has 1 aliphatic rings. The molecular weight excluding hydrogens is 455 g/mol. The number of unbranched alkanes of at least 4 members (excludes halogenated alkanes) is 1. The molecule has 3 aromatic rings. The Morgan fingerprint density at radius 3 is 2.71 bits per heavy atom. The van der Waals surface area contributed by atoms with Gasteiger partial charge in [0.15, 0.2) is 5.58 Å². The molecule has 2 heterocycles. The minimum atomic E-state index is -0.684. The number of urea groups is 1. The number of nitrogens with zero attached hydrogens (tertiary/aromatic N) is 4. The molecule has 10 nitrogen and oxygen atoms in total. The molecule has 1 aromatic heterocycles. The molecule has 11 heteroatoms. The number of hydrogen-bond donors (Lipinski definition) is 2. The second-order valence-electron chi connectivity index (χ2n) is 8.09. The molecule has 1 saturated heterocycles. The van der Waals surface area contributed by atoms with Crippen molar-refractivity contribution in [3.63, 3.8) is 0 Å². The molecule has 0 unspecified atom stereocenters. The van der Waals surface area contributed by atoms with Gasteiger partial charge < -0.3 is 15.5 Å². The monoisotopic (exact) mass is 478 g/mol. The van der Waals surface area contributed by atoms with E-state index in [1.165, 1.54) is 29.2 Å². The highest BCUT2D eigenvalue weighted by atomic mass is 19.1. The second-order valence-corrected chi connectivity index (χ2v) is 8.09. The Kier molecular flexibility index (Phi) is 7.03. The average Bonchev–Trinajstić information content (AvgIpc) is 3.40. The van der Waals surface area contributed by atoms with Crippen LogP contribution in [-0.2, 0) is 11.3 Å². The molecule has 180 valence electrons. The number of aromatic nitrogens is 1. The average molecular weight is 478 g/mol. The smallest absolute Gasteiger partial charge is 0.332 e. The van der Waals surface area contributed by atoms with Gasteiger partial charge in [-0.15, -0.1) is 0 Å². The Bertz CT molecular complexity index is 1300. The van der Waals surface area contributed by atoms with E-state index in [0.29, 0.717) is 41.7 Å². The highest BCUT2D eigenvalue weighted by Crippen LogP contribution is 2.24. The van der Waals surface area contributed by atoms with Gasteiger partial charge in [-0.1, -0.05) is 6.07 Å². The van der Waals surface area contributed by atoms with Gasteiger partial charge in [0.25, 0.3) is 11.8 Å². The molecule has 0 aliphatic carbocycles. The van der Waals surface area contributed by atoms with Crippen molar-refractivity contribution in [2.45, 2.75) is 31.8 Å². The van der Waals surface area contributed by atoms with Gasteiger partial charge in [0, 0.05) is 5.69 Å². The van der Waals surface area contributed by atoms with Crippen LogP contribution in [0.3, 0.4) is 0 Å². The Labute approximate surface area is 200 Å². The molecule has 4 amide bonds. The number of fused-ring (bicyclic) bond motifs is 1. The van der Waals surface area contributed by atoms with Crippen LogP contribution in [0.1, 0.15) is 35.5 Å². The second kappa shape index (κ2) is 10.3. The van der Waals surface area contributed by atoms with E-state index in [2.05, 4.69) is 10.3 Å². The van der Waals surface area contributed by atoms with Crippen LogP contribution in [0.25, 0.3) is 11.1 Å². The van der Waals surface area contributed by atoms with E-state index in [0.717, 1.165) is 11.3 Å². The van der Waals surface area contributed by atoms with E-state index < -0.39 is 29.7 Å². The quantitative estimate of drug-likeness (QED) is 0.355. The fraction of sp³-hybridized carbons (Fsp3) is 0.292. The highest BCUT2D eigenvalue weighted by Gasteiger charge is 2.36. The van der Waals surface area contributed by atoms with Crippen LogP contribution < -0.4 is 16.0 Å². The Morgan fingerprint density at radius 1 is 1.23 bits per heavy atom. The maximum Gasteiger partial charge on any atom is 0.332 e. The van der Waals surface area contributed by atoms with Crippen molar-refractivity contribution in [2.75, 3.05) is 18.0 Å². The zero-order valence-corrected chi connectivity index (χ0v) is 18.7. The number of carbonyl (C=O) groups is 3. The first-order valence-corrected chi connectivity index (χ1v) is 11.1. The van der Waals surface area contributed by atoms with Crippen molar-refractivity contribution in [3.05, 3.63) is 59.7 Å². The minimum Gasteiger partial charge on any atom is -0.432 e. The number of hydrogen-bond acceptors (Lipinski definition) is 7. The summed E-state index contributed by atoms with van der Waals surface area (Å²) in [5.74, 6) is -1.63. The van der Waals surface area contributed by atoms with Crippen LogP contribution in [0.4, 0.5) is 14.9 Å². The molecule has 0 spiro atoms. The lowest BCUT2D eigenvalue weighted by Crippen LogP contribution is -2.34. The molecule has 35 heavy (non-hydrogen) atoms. The first-order chi connectivity index (χ1) is 16.9. The number of halogens is 1. The molecule has 0 saturated carbocycles. The summed E-state index contributed by atoms with van der Waals surface area (Å²) in [5.41, 5.74) is 7.21. The van der Waals surface area contributed by atoms with E-state index in [9.17, 15) is 24.0 Å². The third kappa shape index (κ3) is 5.28. The molecule has 1 aliphatic heterocycles. The molecule has 0 radical (unpaired) electrons. The number of benzene rings is 2. The summed E-state index contributed by atoms with van der Waals surface area (Å²) in [4.78, 5) is 44.4. The fourth-order valence-corrected chi connectivity index (χ4v) is 3.75. The number of oxazole rings is 1. The maximum atomic E-state index is 13.2. The van der Waals surface area contributed by atoms with E-state index in [-0.39, 0.29) is 19.0 Å². The third-order valence-corrected chi connectivity index (χ3v) is 5.59. The van der Waals surface area contributed by atoms with Gasteiger partial charge in [-0.3, -0.25) is 19.4 Å². The van der Waals surface area contributed by atoms with Crippen molar-refractivity contribution in [1.29, 1.82) is 5.26 Å². The van der Waals surface area contributed by atoms with Crippen LogP contribution in [0.2, 0.25) is 0 Å². The highest BCUT2D eigenvalue weighted by molar-refractivity contribution is 6.12. The van der Waals surface area contributed by atoms with E-state index in [1.807, 2.05) is 6.07 Å². The number of nitrogens with one attached hydrogen (secondary N) is 1. The van der Waals surface area contributed by atoms with Crippen molar-refractivity contribution >= 4 is 34.6 Å². The predicted octanol–water partition coefficient (Wildman–Crippen LogP) is 2.69. The number of amides is 4. The van der Waals surface area contributed by atoms with Crippen LogP contribution in [0, 0.1) is 17.1 Å². The van der Waals surface area contributed by atoms with Crippen molar-refractivity contribution in [1.82, 2.24) is 15.2 Å². The number of anilines is 1. The molecule has 4 rings (SSSR count). The van der Waals surface area contributed by atoms with Gasteiger partial charge in [0.2, 0.25) is 0 Å². The number of nitriles is 1. The largest absolute Gasteiger partial charge is 0.432 e.